The van der Waals surface area contributed by atoms with Crippen LogP contribution in [0.3, 0.4) is 0 Å². The molecular formula is C13H15NO3. The zero-order valence-corrected chi connectivity index (χ0v) is 9.97. The number of benzene rings is 1. The standard InChI is InChI=1S/C13H15NO3/c1-9(2)6-14-11-5-10(7-15)3-4-12(11)17-8-13(14)16/h3-5,7,9H,6,8H2,1-2H3. The Labute approximate surface area is 100 Å². The first-order valence-electron chi connectivity index (χ1n) is 5.64. The van der Waals surface area contributed by atoms with Crippen molar-refractivity contribution in [3.63, 3.8) is 0 Å². The van der Waals surface area contributed by atoms with E-state index in [9.17, 15) is 9.59 Å². The van der Waals surface area contributed by atoms with Gasteiger partial charge in [0.25, 0.3) is 5.91 Å². The average Bonchev–Trinajstić information content (AvgIpc) is 2.32. The first-order chi connectivity index (χ1) is 8.11. The van der Waals surface area contributed by atoms with Crippen LogP contribution in [0.15, 0.2) is 18.2 Å². The van der Waals surface area contributed by atoms with E-state index in [1.54, 1.807) is 23.1 Å². The fraction of sp³-hybridized carbons (Fsp3) is 0.385. The van der Waals surface area contributed by atoms with E-state index in [1.807, 2.05) is 13.8 Å². The van der Waals surface area contributed by atoms with Crippen molar-refractivity contribution in [2.45, 2.75) is 13.8 Å². The van der Waals surface area contributed by atoms with Gasteiger partial charge in [0.15, 0.2) is 6.61 Å². The summed E-state index contributed by atoms with van der Waals surface area (Å²) in [4.78, 5) is 24.3. The number of rotatable bonds is 3. The highest BCUT2D eigenvalue weighted by Gasteiger charge is 2.26. The van der Waals surface area contributed by atoms with E-state index in [1.165, 1.54) is 0 Å². The van der Waals surface area contributed by atoms with E-state index < -0.39 is 0 Å². The summed E-state index contributed by atoms with van der Waals surface area (Å²) in [5, 5.41) is 0. The monoisotopic (exact) mass is 233 g/mol. The van der Waals surface area contributed by atoms with Gasteiger partial charge in [-0.2, -0.15) is 0 Å². The highest BCUT2D eigenvalue weighted by Crippen LogP contribution is 2.33. The molecule has 0 saturated heterocycles. The van der Waals surface area contributed by atoms with Gasteiger partial charge < -0.3 is 9.64 Å². The van der Waals surface area contributed by atoms with Crippen LogP contribution in [0, 0.1) is 5.92 Å². The lowest BCUT2D eigenvalue weighted by molar-refractivity contribution is -0.121. The van der Waals surface area contributed by atoms with Crippen LogP contribution in [0.1, 0.15) is 24.2 Å². The molecule has 0 atom stereocenters. The van der Waals surface area contributed by atoms with E-state index in [4.69, 9.17) is 4.74 Å². The predicted molar refractivity (Wildman–Crippen MR) is 64.5 cm³/mol. The summed E-state index contributed by atoms with van der Waals surface area (Å²) in [7, 11) is 0. The molecule has 1 aromatic rings. The molecule has 1 heterocycles. The number of carbonyl (C=O) groups is 2. The molecule has 2 rings (SSSR count). The summed E-state index contributed by atoms with van der Waals surface area (Å²) >= 11 is 0. The van der Waals surface area contributed by atoms with Crippen LogP contribution >= 0.6 is 0 Å². The van der Waals surface area contributed by atoms with Crippen molar-refractivity contribution in [3.05, 3.63) is 23.8 Å². The van der Waals surface area contributed by atoms with E-state index in [0.717, 1.165) is 6.29 Å². The highest BCUT2D eigenvalue weighted by molar-refractivity contribution is 5.98. The van der Waals surface area contributed by atoms with Crippen LogP contribution in [-0.4, -0.2) is 25.3 Å². The van der Waals surface area contributed by atoms with Crippen molar-refractivity contribution in [2.24, 2.45) is 5.92 Å². The van der Waals surface area contributed by atoms with E-state index in [0.29, 0.717) is 29.5 Å². The summed E-state index contributed by atoms with van der Waals surface area (Å²) < 4.78 is 5.34. The molecule has 17 heavy (non-hydrogen) atoms. The van der Waals surface area contributed by atoms with Gasteiger partial charge in [0.1, 0.15) is 12.0 Å². The van der Waals surface area contributed by atoms with Crippen molar-refractivity contribution >= 4 is 17.9 Å². The Morgan fingerprint density at radius 3 is 2.88 bits per heavy atom. The third-order valence-corrected chi connectivity index (χ3v) is 2.61. The SMILES string of the molecule is CC(C)CN1C(=O)COc2ccc(C=O)cc21. The quantitative estimate of drug-likeness (QED) is 0.749. The Balaban J connectivity index is 2.41. The van der Waals surface area contributed by atoms with Gasteiger partial charge >= 0.3 is 0 Å². The smallest absolute Gasteiger partial charge is 0.265 e. The Hall–Kier alpha value is -1.84. The third kappa shape index (κ3) is 2.30. The summed E-state index contributed by atoms with van der Waals surface area (Å²) in [5.41, 5.74) is 1.25. The van der Waals surface area contributed by atoms with Crippen molar-refractivity contribution in [2.75, 3.05) is 18.1 Å². The van der Waals surface area contributed by atoms with Crippen LogP contribution < -0.4 is 9.64 Å². The number of ether oxygens (including phenoxy) is 1. The molecule has 0 unspecified atom stereocenters. The molecule has 1 aromatic carbocycles. The normalized spacial score (nSPS) is 14.5. The number of anilines is 1. The van der Waals surface area contributed by atoms with Crippen molar-refractivity contribution in [1.82, 2.24) is 0 Å². The van der Waals surface area contributed by atoms with Gasteiger partial charge in [-0.1, -0.05) is 13.8 Å². The molecule has 0 saturated carbocycles. The number of hydrogen-bond acceptors (Lipinski definition) is 3. The maximum atomic E-state index is 11.8. The zero-order chi connectivity index (χ0) is 12.4. The summed E-state index contributed by atoms with van der Waals surface area (Å²) in [6.45, 7) is 4.80. The molecular weight excluding hydrogens is 218 g/mol. The van der Waals surface area contributed by atoms with Gasteiger partial charge in [-0.05, 0) is 24.1 Å². The molecule has 4 nitrogen and oxygen atoms in total. The molecule has 1 amide bonds. The Kier molecular flexibility index (Phi) is 3.13. The minimum Gasteiger partial charge on any atom is -0.482 e. The molecule has 0 fully saturated rings. The van der Waals surface area contributed by atoms with Crippen molar-refractivity contribution in [3.8, 4) is 5.75 Å². The molecule has 0 bridgehead atoms. The van der Waals surface area contributed by atoms with E-state index in [-0.39, 0.29) is 12.5 Å². The zero-order valence-electron chi connectivity index (χ0n) is 9.97. The van der Waals surface area contributed by atoms with Crippen LogP contribution in [0.25, 0.3) is 0 Å². The number of aldehydes is 1. The van der Waals surface area contributed by atoms with Gasteiger partial charge in [-0.3, -0.25) is 9.59 Å². The lowest BCUT2D eigenvalue weighted by atomic mass is 10.1. The summed E-state index contributed by atoms with van der Waals surface area (Å²) in [5.74, 6) is 0.967. The number of nitrogens with zero attached hydrogens (tertiary/aromatic N) is 1. The van der Waals surface area contributed by atoms with Gasteiger partial charge in [0, 0.05) is 12.1 Å². The highest BCUT2D eigenvalue weighted by atomic mass is 16.5. The third-order valence-electron chi connectivity index (χ3n) is 2.61. The molecule has 1 aliphatic rings. The van der Waals surface area contributed by atoms with Gasteiger partial charge in [0.2, 0.25) is 0 Å². The van der Waals surface area contributed by atoms with Crippen LogP contribution in [0.5, 0.6) is 5.75 Å². The maximum Gasteiger partial charge on any atom is 0.265 e. The molecule has 0 spiro atoms. The topological polar surface area (TPSA) is 46.6 Å². The van der Waals surface area contributed by atoms with Gasteiger partial charge in [-0.15, -0.1) is 0 Å². The van der Waals surface area contributed by atoms with Crippen LogP contribution in [0.2, 0.25) is 0 Å². The molecule has 0 aromatic heterocycles. The first-order valence-corrected chi connectivity index (χ1v) is 5.64. The molecule has 0 aliphatic carbocycles. The summed E-state index contributed by atoms with van der Waals surface area (Å²) in [6.07, 6.45) is 0.771. The second kappa shape index (κ2) is 4.57. The van der Waals surface area contributed by atoms with Crippen LogP contribution in [-0.2, 0) is 4.79 Å². The van der Waals surface area contributed by atoms with E-state index >= 15 is 0 Å². The second-order valence-corrected chi connectivity index (χ2v) is 4.53. The summed E-state index contributed by atoms with van der Waals surface area (Å²) in [6, 6.07) is 5.12. The first kappa shape index (κ1) is 11.6. The fourth-order valence-electron chi connectivity index (χ4n) is 1.86. The van der Waals surface area contributed by atoms with Gasteiger partial charge in [0.05, 0.1) is 5.69 Å². The molecule has 0 radical (unpaired) electrons. The minimum atomic E-state index is -0.0609. The number of hydrogen-bond donors (Lipinski definition) is 0. The fourth-order valence-corrected chi connectivity index (χ4v) is 1.86. The number of carbonyl (C=O) groups excluding carboxylic acids is 2. The average molecular weight is 233 g/mol. The second-order valence-electron chi connectivity index (χ2n) is 4.53. The maximum absolute atomic E-state index is 11.8. The Bertz CT molecular complexity index is 454. The lowest BCUT2D eigenvalue weighted by Crippen LogP contribution is -2.41. The largest absolute Gasteiger partial charge is 0.482 e. The van der Waals surface area contributed by atoms with Crippen molar-refractivity contribution < 1.29 is 14.3 Å². The lowest BCUT2D eigenvalue weighted by Gasteiger charge is -2.30. The molecule has 0 N–H and O–H groups in total. The number of fused-ring (bicyclic) bond motifs is 1. The van der Waals surface area contributed by atoms with E-state index in [2.05, 4.69) is 0 Å². The Morgan fingerprint density at radius 1 is 1.47 bits per heavy atom. The molecule has 1 aliphatic heterocycles. The minimum absolute atomic E-state index is 0.0609. The van der Waals surface area contributed by atoms with Gasteiger partial charge in [-0.25, -0.2) is 0 Å². The van der Waals surface area contributed by atoms with Crippen molar-refractivity contribution in [1.29, 1.82) is 0 Å². The Morgan fingerprint density at radius 2 is 2.24 bits per heavy atom. The van der Waals surface area contributed by atoms with Crippen LogP contribution in [0.4, 0.5) is 5.69 Å². The number of amides is 1. The molecule has 90 valence electrons. The predicted octanol–water partition coefficient (Wildman–Crippen LogP) is 1.88. The molecule has 4 heteroatoms.